The summed E-state index contributed by atoms with van der Waals surface area (Å²) in [6, 6.07) is 5.45. The lowest BCUT2D eigenvalue weighted by atomic mass is 10.1. The minimum absolute atomic E-state index is 0.209. The van der Waals surface area contributed by atoms with Crippen molar-refractivity contribution >= 4 is 29.3 Å². The maximum atomic E-state index is 13.4. The molecule has 1 fully saturated rings. The van der Waals surface area contributed by atoms with E-state index in [1.165, 1.54) is 11.0 Å². The molecule has 0 radical (unpaired) electrons. The molecule has 5 rings (SSSR count). The second-order valence-corrected chi connectivity index (χ2v) is 8.36. The highest BCUT2D eigenvalue weighted by molar-refractivity contribution is 6.05. The first-order valence-corrected chi connectivity index (χ1v) is 10.9. The lowest BCUT2D eigenvalue weighted by Crippen LogP contribution is -2.49. The van der Waals surface area contributed by atoms with E-state index < -0.39 is 24.2 Å². The van der Waals surface area contributed by atoms with E-state index in [4.69, 9.17) is 0 Å². The molecular weight excluding hydrogens is 465 g/mol. The van der Waals surface area contributed by atoms with Gasteiger partial charge in [-0.1, -0.05) is 0 Å². The number of nitrogens with one attached hydrogen (secondary N) is 3. The molecule has 3 aromatic rings. The number of H-pyrrole nitrogens is 1. The van der Waals surface area contributed by atoms with E-state index in [1.807, 2.05) is 10.2 Å². The van der Waals surface area contributed by atoms with Crippen LogP contribution in [-0.4, -0.2) is 63.5 Å². The number of aromatic nitrogens is 4. The molecule has 3 amide bonds. The lowest BCUT2D eigenvalue weighted by molar-refractivity contribution is -0.149. The summed E-state index contributed by atoms with van der Waals surface area (Å²) in [4.78, 5) is 37.8. The fourth-order valence-electron chi connectivity index (χ4n) is 4.20. The van der Waals surface area contributed by atoms with Crippen LogP contribution in [0, 0.1) is 0 Å². The standard InChI is InChI=1S/C22H21F3N8O2/c1-12(22(23,24)25)28-20(34)16-2-3-17-19(29-16)33(14-6-9-32(17)11-14)21(35)30-18-10-13(4-7-26-18)15-5-8-27-31-15/h2-5,7-8,10,12,14H,6,9,11H2,1H3,(H,27,31)(H,28,34)(H,26,30,35)/t12?,14-/m0/s1. The molecule has 0 saturated carbocycles. The van der Waals surface area contributed by atoms with Crippen LogP contribution in [0.4, 0.5) is 35.3 Å². The average molecular weight is 486 g/mol. The van der Waals surface area contributed by atoms with Crippen molar-refractivity contribution in [2.75, 3.05) is 28.2 Å². The first-order chi connectivity index (χ1) is 16.7. The first kappa shape index (κ1) is 22.6. The summed E-state index contributed by atoms with van der Waals surface area (Å²) in [5, 5.41) is 11.4. The van der Waals surface area contributed by atoms with Crippen molar-refractivity contribution in [1.82, 2.24) is 25.5 Å². The molecule has 182 valence electrons. The smallest absolute Gasteiger partial charge is 0.366 e. The molecule has 35 heavy (non-hydrogen) atoms. The van der Waals surface area contributed by atoms with Gasteiger partial charge in [-0.3, -0.25) is 20.1 Å². The average Bonchev–Trinajstić information content (AvgIpc) is 3.50. The van der Waals surface area contributed by atoms with Crippen molar-refractivity contribution in [3.63, 3.8) is 0 Å². The van der Waals surface area contributed by atoms with Crippen LogP contribution in [-0.2, 0) is 0 Å². The monoisotopic (exact) mass is 486 g/mol. The van der Waals surface area contributed by atoms with E-state index in [0.29, 0.717) is 31.0 Å². The van der Waals surface area contributed by atoms with Crippen molar-refractivity contribution in [1.29, 1.82) is 0 Å². The summed E-state index contributed by atoms with van der Waals surface area (Å²) in [6.07, 6.45) is -0.745. The molecule has 2 aliphatic rings. The maximum Gasteiger partial charge on any atom is 0.408 e. The van der Waals surface area contributed by atoms with Crippen LogP contribution in [0.25, 0.3) is 11.3 Å². The molecule has 1 saturated heterocycles. The Morgan fingerprint density at radius 2 is 2.03 bits per heavy atom. The van der Waals surface area contributed by atoms with Gasteiger partial charge in [0.25, 0.3) is 5.91 Å². The third kappa shape index (κ3) is 4.36. The number of pyridine rings is 2. The van der Waals surface area contributed by atoms with Gasteiger partial charge in [0.1, 0.15) is 17.6 Å². The van der Waals surface area contributed by atoms with Gasteiger partial charge in [0.2, 0.25) is 0 Å². The van der Waals surface area contributed by atoms with Crippen LogP contribution in [0.5, 0.6) is 0 Å². The van der Waals surface area contributed by atoms with E-state index >= 15 is 0 Å². The van der Waals surface area contributed by atoms with Gasteiger partial charge in [-0.25, -0.2) is 14.8 Å². The van der Waals surface area contributed by atoms with Gasteiger partial charge < -0.3 is 10.2 Å². The molecule has 2 atom stereocenters. The number of hydrogen-bond acceptors (Lipinski definition) is 6. The molecule has 2 aliphatic heterocycles. The summed E-state index contributed by atoms with van der Waals surface area (Å²) in [6.45, 7) is 2.13. The minimum atomic E-state index is -4.58. The topological polar surface area (TPSA) is 119 Å². The summed E-state index contributed by atoms with van der Waals surface area (Å²) in [5.74, 6) is -0.454. The van der Waals surface area contributed by atoms with Crippen LogP contribution in [0.1, 0.15) is 23.8 Å². The Labute approximate surface area is 197 Å². The summed E-state index contributed by atoms with van der Waals surface area (Å²) < 4.78 is 38.7. The zero-order valence-corrected chi connectivity index (χ0v) is 18.5. The maximum absolute atomic E-state index is 13.4. The number of nitrogens with zero attached hydrogens (tertiary/aromatic N) is 5. The minimum Gasteiger partial charge on any atom is -0.366 e. The molecule has 0 aliphatic carbocycles. The van der Waals surface area contributed by atoms with E-state index in [-0.39, 0.29) is 17.6 Å². The van der Waals surface area contributed by atoms with Gasteiger partial charge in [-0.05, 0) is 43.7 Å². The highest BCUT2D eigenvalue weighted by Crippen LogP contribution is 2.39. The number of halogens is 3. The molecule has 0 aromatic carbocycles. The van der Waals surface area contributed by atoms with Gasteiger partial charge >= 0.3 is 12.2 Å². The van der Waals surface area contributed by atoms with E-state index in [9.17, 15) is 22.8 Å². The first-order valence-electron chi connectivity index (χ1n) is 10.9. The third-order valence-corrected chi connectivity index (χ3v) is 6.05. The second-order valence-electron chi connectivity index (χ2n) is 8.36. The number of anilines is 3. The van der Waals surface area contributed by atoms with Crippen LogP contribution in [0.2, 0.25) is 0 Å². The van der Waals surface area contributed by atoms with Crippen molar-refractivity contribution in [2.24, 2.45) is 0 Å². The van der Waals surface area contributed by atoms with Gasteiger partial charge in [0.05, 0.1) is 17.4 Å². The van der Waals surface area contributed by atoms with E-state index in [1.54, 1.807) is 36.7 Å². The molecule has 3 N–H and O–H groups in total. The number of hydrogen-bond donors (Lipinski definition) is 3. The normalized spacial score (nSPS) is 17.7. The molecule has 10 nitrogen and oxygen atoms in total. The van der Waals surface area contributed by atoms with Crippen LogP contribution < -0.4 is 20.4 Å². The largest absolute Gasteiger partial charge is 0.408 e. The number of aromatic amines is 1. The predicted octanol–water partition coefficient (Wildman–Crippen LogP) is 3.18. The predicted molar refractivity (Wildman–Crippen MR) is 121 cm³/mol. The molecule has 1 unspecified atom stereocenters. The van der Waals surface area contributed by atoms with Gasteiger partial charge in [-0.15, -0.1) is 0 Å². The van der Waals surface area contributed by atoms with Crippen LogP contribution in [0.15, 0.2) is 42.7 Å². The van der Waals surface area contributed by atoms with E-state index in [2.05, 4.69) is 25.5 Å². The summed E-state index contributed by atoms with van der Waals surface area (Å²) in [5.41, 5.74) is 1.95. The highest BCUT2D eigenvalue weighted by atomic mass is 19.4. The molecule has 0 spiro atoms. The zero-order valence-electron chi connectivity index (χ0n) is 18.5. The molecule has 3 aromatic heterocycles. The van der Waals surface area contributed by atoms with E-state index in [0.717, 1.165) is 18.2 Å². The molecule has 5 heterocycles. The number of carbonyl (C=O) groups is 2. The van der Waals surface area contributed by atoms with Crippen molar-refractivity contribution < 1.29 is 22.8 Å². The Balaban J connectivity index is 1.42. The Morgan fingerprint density at radius 1 is 1.20 bits per heavy atom. The highest BCUT2D eigenvalue weighted by Gasteiger charge is 2.41. The number of fused-ring (bicyclic) bond motifs is 4. The van der Waals surface area contributed by atoms with Gasteiger partial charge in [0, 0.05) is 31.0 Å². The van der Waals surface area contributed by atoms with Crippen LogP contribution in [0.3, 0.4) is 0 Å². The Bertz CT molecular complexity index is 1260. The van der Waals surface area contributed by atoms with Crippen molar-refractivity contribution in [3.8, 4) is 11.3 Å². The molecular formula is C22H21F3N8O2. The number of amides is 3. The fraction of sp³-hybridized carbons (Fsp3) is 0.318. The second kappa shape index (κ2) is 8.56. The molecule has 2 bridgehead atoms. The SMILES string of the molecule is CC(NC(=O)c1ccc2c(n1)N(C(=O)Nc1cc(-c3ccn[nH]3)ccn1)[C@H]1CCN2C1)C(F)(F)F. The van der Waals surface area contributed by atoms with Gasteiger partial charge in [-0.2, -0.15) is 18.3 Å². The zero-order chi connectivity index (χ0) is 24.7. The van der Waals surface area contributed by atoms with Crippen molar-refractivity contribution in [2.45, 2.75) is 31.6 Å². The third-order valence-electron chi connectivity index (χ3n) is 6.05. The Hall–Kier alpha value is -4.16. The van der Waals surface area contributed by atoms with Crippen LogP contribution >= 0.6 is 0 Å². The summed E-state index contributed by atoms with van der Waals surface area (Å²) in [7, 11) is 0. The number of rotatable bonds is 4. The lowest BCUT2D eigenvalue weighted by Gasteiger charge is -2.35. The molecule has 13 heteroatoms. The van der Waals surface area contributed by atoms with Crippen molar-refractivity contribution in [3.05, 3.63) is 48.4 Å². The van der Waals surface area contributed by atoms with Gasteiger partial charge in [0.15, 0.2) is 5.82 Å². The summed E-state index contributed by atoms with van der Waals surface area (Å²) >= 11 is 0. The number of urea groups is 1. The quantitative estimate of drug-likeness (QED) is 0.521. The Kier molecular flexibility index (Phi) is 5.53. The number of carbonyl (C=O) groups excluding carboxylic acids is 2. The Morgan fingerprint density at radius 3 is 2.77 bits per heavy atom. The fourth-order valence-corrected chi connectivity index (χ4v) is 4.20. The number of alkyl halides is 3.